The van der Waals surface area contributed by atoms with Gasteiger partial charge in [-0.2, -0.15) is 16.6 Å². The van der Waals surface area contributed by atoms with Gasteiger partial charge in [0.05, 0.1) is 11.6 Å². The predicted molar refractivity (Wildman–Crippen MR) is 64.2 cm³/mol. The lowest BCUT2D eigenvalue weighted by Crippen LogP contribution is -1.79. The Morgan fingerprint density at radius 2 is 2.00 bits per heavy atom. The second-order valence-corrected chi connectivity index (χ2v) is 4.01. The van der Waals surface area contributed by atoms with Crippen LogP contribution in [0.1, 0.15) is 11.1 Å². The molecule has 1 aromatic carbocycles. The van der Waals surface area contributed by atoms with Crippen LogP contribution in [-0.4, -0.2) is 0 Å². The van der Waals surface area contributed by atoms with Crippen molar-refractivity contribution in [2.24, 2.45) is 0 Å². The number of allylic oxidation sites excluding steroid dienone is 1. The van der Waals surface area contributed by atoms with Gasteiger partial charge in [0.1, 0.15) is 5.82 Å². The molecule has 2 rings (SSSR count). The van der Waals surface area contributed by atoms with Gasteiger partial charge in [0.15, 0.2) is 0 Å². The van der Waals surface area contributed by atoms with Gasteiger partial charge < -0.3 is 0 Å². The zero-order chi connectivity index (χ0) is 11.4. The van der Waals surface area contributed by atoms with Gasteiger partial charge in [-0.15, -0.1) is 0 Å². The topological polar surface area (TPSA) is 23.8 Å². The molecular weight excluding hydrogens is 221 g/mol. The van der Waals surface area contributed by atoms with E-state index < -0.39 is 0 Å². The molecule has 0 aliphatic heterocycles. The molecule has 0 unspecified atom stereocenters. The van der Waals surface area contributed by atoms with E-state index in [-0.39, 0.29) is 5.82 Å². The Morgan fingerprint density at radius 3 is 2.56 bits per heavy atom. The Kier molecular flexibility index (Phi) is 3.13. The van der Waals surface area contributed by atoms with Crippen molar-refractivity contribution in [2.75, 3.05) is 0 Å². The van der Waals surface area contributed by atoms with Gasteiger partial charge in [0.25, 0.3) is 0 Å². The summed E-state index contributed by atoms with van der Waals surface area (Å²) in [6.45, 7) is 0. The average Bonchev–Trinajstić information content (AvgIpc) is 2.82. The van der Waals surface area contributed by atoms with Crippen molar-refractivity contribution in [3.05, 3.63) is 58.0 Å². The third-order valence-corrected chi connectivity index (χ3v) is 2.82. The van der Waals surface area contributed by atoms with Crippen LogP contribution in [0.4, 0.5) is 4.39 Å². The minimum absolute atomic E-state index is 0.272. The van der Waals surface area contributed by atoms with E-state index in [9.17, 15) is 4.39 Å². The van der Waals surface area contributed by atoms with Crippen molar-refractivity contribution in [1.82, 2.24) is 0 Å². The third kappa shape index (κ3) is 2.36. The fourth-order valence-corrected chi connectivity index (χ4v) is 1.98. The first-order valence-corrected chi connectivity index (χ1v) is 5.64. The maximum absolute atomic E-state index is 12.7. The van der Waals surface area contributed by atoms with E-state index >= 15 is 0 Å². The van der Waals surface area contributed by atoms with Gasteiger partial charge in [-0.25, -0.2) is 4.39 Å². The van der Waals surface area contributed by atoms with Crippen LogP contribution in [0.2, 0.25) is 0 Å². The van der Waals surface area contributed by atoms with Gasteiger partial charge >= 0.3 is 0 Å². The zero-order valence-electron chi connectivity index (χ0n) is 8.35. The molecule has 0 atom stereocenters. The maximum atomic E-state index is 12.7. The Hall–Kier alpha value is -1.92. The van der Waals surface area contributed by atoms with Crippen molar-refractivity contribution < 1.29 is 4.39 Å². The van der Waals surface area contributed by atoms with Crippen LogP contribution in [-0.2, 0) is 0 Å². The summed E-state index contributed by atoms with van der Waals surface area (Å²) in [7, 11) is 0. The van der Waals surface area contributed by atoms with Crippen LogP contribution in [0, 0.1) is 17.1 Å². The molecule has 78 valence electrons. The van der Waals surface area contributed by atoms with Crippen LogP contribution in [0.5, 0.6) is 0 Å². The largest absolute Gasteiger partial charge is 0.207 e. The van der Waals surface area contributed by atoms with Crippen molar-refractivity contribution in [3.63, 3.8) is 0 Å². The number of thiophene rings is 1. The molecule has 0 saturated carbocycles. The van der Waals surface area contributed by atoms with Gasteiger partial charge in [0.2, 0.25) is 0 Å². The third-order valence-electron chi connectivity index (χ3n) is 2.13. The van der Waals surface area contributed by atoms with E-state index in [1.807, 2.05) is 16.8 Å². The fraction of sp³-hybridized carbons (Fsp3) is 0. The lowest BCUT2D eigenvalue weighted by atomic mass is 10.1. The predicted octanol–water partition coefficient (Wildman–Crippen LogP) is 3.95. The molecular formula is C13H8FNS. The summed E-state index contributed by atoms with van der Waals surface area (Å²) in [5.74, 6) is -0.272. The molecule has 0 saturated heterocycles. The summed E-state index contributed by atoms with van der Waals surface area (Å²) in [6, 6.07) is 10.1. The van der Waals surface area contributed by atoms with Crippen LogP contribution in [0.15, 0.2) is 41.1 Å². The van der Waals surface area contributed by atoms with Crippen LogP contribution in [0.25, 0.3) is 11.6 Å². The molecule has 1 aromatic heterocycles. The highest BCUT2D eigenvalue weighted by molar-refractivity contribution is 7.08. The highest BCUT2D eigenvalue weighted by atomic mass is 32.1. The second kappa shape index (κ2) is 4.73. The minimum atomic E-state index is -0.272. The number of halogens is 1. The van der Waals surface area contributed by atoms with Crippen molar-refractivity contribution >= 4 is 23.0 Å². The van der Waals surface area contributed by atoms with E-state index in [4.69, 9.17) is 5.26 Å². The molecule has 0 bridgehead atoms. The fourth-order valence-electron chi connectivity index (χ4n) is 1.32. The molecule has 1 heterocycles. The average molecular weight is 229 g/mol. The SMILES string of the molecule is N#C/C(=C\c1ccc(F)cc1)c1ccsc1. The molecule has 0 N–H and O–H groups in total. The Labute approximate surface area is 97.1 Å². The van der Waals surface area contributed by atoms with Gasteiger partial charge in [0, 0.05) is 5.56 Å². The summed E-state index contributed by atoms with van der Waals surface area (Å²) >= 11 is 1.54. The van der Waals surface area contributed by atoms with E-state index in [0.717, 1.165) is 11.1 Å². The summed E-state index contributed by atoms with van der Waals surface area (Å²) in [5, 5.41) is 12.9. The Balaban J connectivity index is 2.36. The number of rotatable bonds is 2. The van der Waals surface area contributed by atoms with E-state index in [1.165, 1.54) is 12.1 Å². The molecule has 2 aromatic rings. The Morgan fingerprint density at radius 1 is 1.25 bits per heavy atom. The minimum Gasteiger partial charge on any atom is -0.207 e. The summed E-state index contributed by atoms with van der Waals surface area (Å²) < 4.78 is 12.7. The number of hydrogen-bond acceptors (Lipinski definition) is 2. The number of nitrogens with zero attached hydrogens (tertiary/aromatic N) is 1. The highest BCUT2D eigenvalue weighted by Gasteiger charge is 2.00. The molecule has 16 heavy (non-hydrogen) atoms. The summed E-state index contributed by atoms with van der Waals surface area (Å²) in [4.78, 5) is 0. The molecule has 1 nitrogen and oxygen atoms in total. The first kappa shape index (κ1) is 10.6. The van der Waals surface area contributed by atoms with Gasteiger partial charge in [-0.05, 0) is 40.6 Å². The normalized spacial score (nSPS) is 11.1. The molecule has 0 amide bonds. The molecule has 0 aliphatic carbocycles. The van der Waals surface area contributed by atoms with Crippen LogP contribution >= 0.6 is 11.3 Å². The maximum Gasteiger partial charge on any atom is 0.123 e. The standard InChI is InChI=1S/C13H8FNS/c14-13-3-1-10(2-4-13)7-12(8-15)11-5-6-16-9-11/h1-7,9H/b12-7+. The van der Waals surface area contributed by atoms with Crippen molar-refractivity contribution in [2.45, 2.75) is 0 Å². The summed E-state index contributed by atoms with van der Waals surface area (Å²) in [6.07, 6.45) is 1.75. The smallest absolute Gasteiger partial charge is 0.123 e. The second-order valence-electron chi connectivity index (χ2n) is 3.23. The lowest BCUT2D eigenvalue weighted by Gasteiger charge is -1.96. The first-order valence-electron chi connectivity index (χ1n) is 4.69. The van der Waals surface area contributed by atoms with Gasteiger partial charge in [-0.1, -0.05) is 12.1 Å². The van der Waals surface area contributed by atoms with Crippen LogP contribution in [0.3, 0.4) is 0 Å². The molecule has 0 spiro atoms. The number of hydrogen-bond donors (Lipinski definition) is 0. The number of benzene rings is 1. The van der Waals surface area contributed by atoms with E-state index in [0.29, 0.717) is 5.57 Å². The van der Waals surface area contributed by atoms with E-state index in [2.05, 4.69) is 6.07 Å². The van der Waals surface area contributed by atoms with Gasteiger partial charge in [-0.3, -0.25) is 0 Å². The van der Waals surface area contributed by atoms with Crippen molar-refractivity contribution in [3.8, 4) is 6.07 Å². The van der Waals surface area contributed by atoms with E-state index in [1.54, 1.807) is 29.5 Å². The first-order chi connectivity index (χ1) is 7.79. The lowest BCUT2D eigenvalue weighted by molar-refractivity contribution is 0.628. The molecule has 0 aliphatic rings. The zero-order valence-corrected chi connectivity index (χ0v) is 9.17. The number of nitriles is 1. The summed E-state index contributed by atoms with van der Waals surface area (Å²) in [5.41, 5.74) is 2.31. The molecule has 0 radical (unpaired) electrons. The molecule has 0 fully saturated rings. The van der Waals surface area contributed by atoms with Crippen LogP contribution < -0.4 is 0 Å². The quantitative estimate of drug-likeness (QED) is 0.715. The van der Waals surface area contributed by atoms with Crippen molar-refractivity contribution in [1.29, 1.82) is 5.26 Å². The Bertz CT molecular complexity index is 532. The molecule has 3 heteroatoms. The highest BCUT2D eigenvalue weighted by Crippen LogP contribution is 2.20. The monoisotopic (exact) mass is 229 g/mol.